The Labute approximate surface area is 111 Å². The van der Waals surface area contributed by atoms with Gasteiger partial charge in [0.2, 0.25) is 5.91 Å². The normalized spacial score (nSPS) is 28.4. The highest BCUT2D eigenvalue weighted by atomic mass is 16.5. The number of nitrogens with one attached hydrogen (secondary N) is 2. The lowest BCUT2D eigenvalue weighted by molar-refractivity contribution is -0.123. The lowest BCUT2D eigenvalue weighted by atomic mass is 9.95. The van der Waals surface area contributed by atoms with E-state index in [1.807, 2.05) is 13.8 Å². The van der Waals surface area contributed by atoms with Crippen LogP contribution in [0, 0.1) is 0 Å². The summed E-state index contributed by atoms with van der Waals surface area (Å²) >= 11 is 0. The summed E-state index contributed by atoms with van der Waals surface area (Å²) in [4.78, 5) is 11.5. The van der Waals surface area contributed by atoms with Crippen LogP contribution in [0.1, 0.15) is 53.4 Å². The van der Waals surface area contributed by atoms with Crippen molar-refractivity contribution in [3.05, 3.63) is 0 Å². The van der Waals surface area contributed by atoms with Gasteiger partial charge >= 0.3 is 0 Å². The van der Waals surface area contributed by atoms with Crippen molar-refractivity contribution in [2.45, 2.75) is 77.6 Å². The zero-order chi connectivity index (χ0) is 13.5. The molecule has 0 aromatic heterocycles. The summed E-state index contributed by atoms with van der Waals surface area (Å²) in [6, 6.07) is 1.22. The van der Waals surface area contributed by atoms with Crippen LogP contribution in [0.25, 0.3) is 0 Å². The third-order valence-electron chi connectivity index (χ3n) is 3.38. The van der Waals surface area contributed by atoms with Crippen LogP contribution in [-0.4, -0.2) is 36.7 Å². The van der Waals surface area contributed by atoms with Gasteiger partial charge in [0.25, 0.3) is 0 Å². The standard InChI is InChI=1S/C14H28N2O2/c1-5-12-13(7-6-11(4)16-12)18-9-8-14(17)15-10(2)3/h10-13,16H,5-9H2,1-4H3,(H,15,17). The second-order valence-corrected chi connectivity index (χ2v) is 5.54. The van der Waals surface area contributed by atoms with Gasteiger partial charge in [0.1, 0.15) is 0 Å². The highest BCUT2D eigenvalue weighted by molar-refractivity contribution is 5.76. The monoisotopic (exact) mass is 256 g/mol. The second-order valence-electron chi connectivity index (χ2n) is 5.54. The van der Waals surface area contributed by atoms with E-state index in [0.717, 1.165) is 19.3 Å². The summed E-state index contributed by atoms with van der Waals surface area (Å²) in [5.41, 5.74) is 0. The fourth-order valence-corrected chi connectivity index (χ4v) is 2.45. The van der Waals surface area contributed by atoms with E-state index >= 15 is 0 Å². The van der Waals surface area contributed by atoms with Crippen molar-refractivity contribution in [3.8, 4) is 0 Å². The van der Waals surface area contributed by atoms with E-state index in [4.69, 9.17) is 4.74 Å². The van der Waals surface area contributed by atoms with Gasteiger partial charge < -0.3 is 15.4 Å². The molecule has 1 heterocycles. The van der Waals surface area contributed by atoms with Crippen molar-refractivity contribution in [3.63, 3.8) is 0 Å². The predicted molar refractivity (Wildman–Crippen MR) is 73.5 cm³/mol. The maximum atomic E-state index is 11.5. The number of ether oxygens (including phenoxy) is 1. The second kappa shape index (κ2) is 7.74. The van der Waals surface area contributed by atoms with Gasteiger partial charge in [-0.2, -0.15) is 0 Å². The molecule has 1 saturated heterocycles. The summed E-state index contributed by atoms with van der Waals surface area (Å²) in [6.45, 7) is 8.86. The van der Waals surface area contributed by atoms with E-state index in [1.165, 1.54) is 0 Å². The van der Waals surface area contributed by atoms with E-state index in [-0.39, 0.29) is 18.1 Å². The maximum Gasteiger partial charge on any atom is 0.222 e. The third kappa shape index (κ3) is 5.36. The zero-order valence-corrected chi connectivity index (χ0v) is 12.2. The van der Waals surface area contributed by atoms with E-state index in [2.05, 4.69) is 24.5 Å². The molecule has 0 aromatic rings. The Kier molecular flexibility index (Phi) is 6.65. The largest absolute Gasteiger partial charge is 0.376 e. The minimum absolute atomic E-state index is 0.0789. The Morgan fingerprint density at radius 1 is 1.44 bits per heavy atom. The van der Waals surface area contributed by atoms with Crippen molar-refractivity contribution >= 4 is 5.91 Å². The molecule has 4 heteroatoms. The van der Waals surface area contributed by atoms with Crippen molar-refractivity contribution in [1.82, 2.24) is 10.6 Å². The van der Waals surface area contributed by atoms with Gasteiger partial charge in [0, 0.05) is 24.5 Å². The van der Waals surface area contributed by atoms with Gasteiger partial charge in [0.05, 0.1) is 12.7 Å². The molecular formula is C14H28N2O2. The maximum absolute atomic E-state index is 11.5. The molecule has 0 aromatic carbocycles. The molecule has 18 heavy (non-hydrogen) atoms. The summed E-state index contributed by atoms with van der Waals surface area (Å²) in [7, 11) is 0. The fourth-order valence-electron chi connectivity index (χ4n) is 2.45. The topological polar surface area (TPSA) is 50.4 Å². The first-order chi connectivity index (χ1) is 8.52. The van der Waals surface area contributed by atoms with Crippen molar-refractivity contribution < 1.29 is 9.53 Å². The number of amides is 1. The first kappa shape index (κ1) is 15.4. The lowest BCUT2D eigenvalue weighted by Crippen LogP contribution is -2.50. The molecule has 0 bridgehead atoms. The van der Waals surface area contributed by atoms with Gasteiger partial charge in [0.15, 0.2) is 0 Å². The third-order valence-corrected chi connectivity index (χ3v) is 3.38. The molecule has 0 saturated carbocycles. The Balaban J connectivity index is 2.23. The Hall–Kier alpha value is -0.610. The number of carbonyl (C=O) groups is 1. The van der Waals surface area contributed by atoms with Gasteiger partial charge in [-0.15, -0.1) is 0 Å². The van der Waals surface area contributed by atoms with Crippen LogP contribution in [0.2, 0.25) is 0 Å². The van der Waals surface area contributed by atoms with Crippen LogP contribution < -0.4 is 10.6 Å². The van der Waals surface area contributed by atoms with Gasteiger partial charge in [-0.25, -0.2) is 0 Å². The van der Waals surface area contributed by atoms with Gasteiger partial charge in [-0.1, -0.05) is 6.92 Å². The highest BCUT2D eigenvalue weighted by Crippen LogP contribution is 2.18. The molecule has 106 valence electrons. The molecular weight excluding hydrogens is 228 g/mol. The number of hydrogen-bond donors (Lipinski definition) is 2. The van der Waals surface area contributed by atoms with E-state index < -0.39 is 0 Å². The zero-order valence-electron chi connectivity index (χ0n) is 12.2. The first-order valence-electron chi connectivity index (χ1n) is 7.20. The van der Waals surface area contributed by atoms with Crippen LogP contribution in [0.15, 0.2) is 0 Å². The molecule has 4 nitrogen and oxygen atoms in total. The van der Waals surface area contributed by atoms with Crippen molar-refractivity contribution in [2.75, 3.05) is 6.61 Å². The molecule has 1 rings (SSSR count). The highest BCUT2D eigenvalue weighted by Gasteiger charge is 2.27. The Bertz CT molecular complexity index is 256. The van der Waals surface area contributed by atoms with E-state index in [0.29, 0.717) is 25.1 Å². The van der Waals surface area contributed by atoms with Gasteiger partial charge in [-0.3, -0.25) is 4.79 Å². The van der Waals surface area contributed by atoms with Crippen LogP contribution in [0.5, 0.6) is 0 Å². The minimum Gasteiger partial charge on any atom is -0.376 e. The minimum atomic E-state index is 0.0789. The van der Waals surface area contributed by atoms with Crippen LogP contribution in [-0.2, 0) is 9.53 Å². The number of piperidine rings is 1. The molecule has 0 radical (unpaired) electrons. The first-order valence-corrected chi connectivity index (χ1v) is 7.20. The predicted octanol–water partition coefficient (Wildman–Crippen LogP) is 1.84. The number of rotatable bonds is 6. The average Bonchev–Trinajstić information content (AvgIpc) is 2.30. The molecule has 2 N–H and O–H groups in total. The molecule has 3 atom stereocenters. The van der Waals surface area contributed by atoms with Crippen molar-refractivity contribution in [2.24, 2.45) is 0 Å². The molecule has 0 spiro atoms. The van der Waals surface area contributed by atoms with Crippen LogP contribution >= 0.6 is 0 Å². The molecule has 1 amide bonds. The summed E-state index contributed by atoms with van der Waals surface area (Å²) in [5, 5.41) is 6.44. The molecule has 1 aliphatic heterocycles. The lowest BCUT2D eigenvalue weighted by Gasteiger charge is -2.35. The molecule has 1 fully saturated rings. The SMILES string of the molecule is CCC1NC(C)CCC1OCCC(=O)NC(C)C. The Morgan fingerprint density at radius 2 is 2.17 bits per heavy atom. The number of hydrogen-bond acceptors (Lipinski definition) is 3. The summed E-state index contributed by atoms with van der Waals surface area (Å²) < 4.78 is 5.86. The number of carbonyl (C=O) groups excluding carboxylic acids is 1. The van der Waals surface area contributed by atoms with Crippen molar-refractivity contribution in [1.29, 1.82) is 0 Å². The quantitative estimate of drug-likeness (QED) is 0.762. The van der Waals surface area contributed by atoms with Crippen LogP contribution in [0.4, 0.5) is 0 Å². The molecule has 3 unspecified atom stereocenters. The average molecular weight is 256 g/mol. The fraction of sp³-hybridized carbons (Fsp3) is 0.929. The summed E-state index contributed by atoms with van der Waals surface area (Å²) in [5.74, 6) is 0.0789. The smallest absolute Gasteiger partial charge is 0.222 e. The molecule has 1 aliphatic rings. The molecule has 0 aliphatic carbocycles. The van der Waals surface area contributed by atoms with Gasteiger partial charge in [-0.05, 0) is 40.0 Å². The summed E-state index contributed by atoms with van der Waals surface area (Å²) in [6.07, 6.45) is 4.05. The van der Waals surface area contributed by atoms with Crippen LogP contribution in [0.3, 0.4) is 0 Å². The van der Waals surface area contributed by atoms with E-state index in [1.54, 1.807) is 0 Å². The van der Waals surface area contributed by atoms with E-state index in [9.17, 15) is 4.79 Å². The Morgan fingerprint density at radius 3 is 2.78 bits per heavy atom.